The van der Waals surface area contributed by atoms with E-state index in [1.54, 1.807) is 19.1 Å². The number of aliphatic hydroxyl groups excluding tert-OH is 1. The van der Waals surface area contributed by atoms with Crippen LogP contribution in [0, 0.1) is 15.9 Å². The lowest BCUT2D eigenvalue weighted by molar-refractivity contribution is -0.384. The van der Waals surface area contributed by atoms with Gasteiger partial charge >= 0.3 is 0 Å². The molecule has 23 heavy (non-hydrogen) atoms. The third-order valence-corrected chi connectivity index (χ3v) is 3.15. The zero-order chi connectivity index (χ0) is 16.8. The van der Waals surface area contributed by atoms with Crippen molar-refractivity contribution in [2.24, 2.45) is 0 Å². The molecule has 2 rings (SSSR count). The summed E-state index contributed by atoms with van der Waals surface area (Å²) in [5.41, 5.74) is 0.785. The van der Waals surface area contributed by atoms with Crippen molar-refractivity contribution >= 4 is 11.4 Å². The van der Waals surface area contributed by atoms with Gasteiger partial charge in [0.25, 0.3) is 5.69 Å². The van der Waals surface area contributed by atoms with Crippen molar-refractivity contribution in [2.45, 2.75) is 19.6 Å². The van der Waals surface area contributed by atoms with E-state index in [9.17, 15) is 14.5 Å². The maximum absolute atomic E-state index is 13.1. The van der Waals surface area contributed by atoms with E-state index in [-0.39, 0.29) is 24.9 Å². The summed E-state index contributed by atoms with van der Waals surface area (Å²) >= 11 is 0. The second-order valence-corrected chi connectivity index (χ2v) is 5.03. The van der Waals surface area contributed by atoms with Gasteiger partial charge in [0.1, 0.15) is 23.4 Å². The lowest BCUT2D eigenvalue weighted by atomic mass is 10.1. The Bertz CT molecular complexity index is 694. The summed E-state index contributed by atoms with van der Waals surface area (Å²) in [5, 5.41) is 23.1. The highest BCUT2D eigenvalue weighted by Crippen LogP contribution is 2.25. The Balaban J connectivity index is 2.03. The Morgan fingerprint density at radius 1 is 1.35 bits per heavy atom. The van der Waals surface area contributed by atoms with Crippen molar-refractivity contribution in [1.29, 1.82) is 0 Å². The summed E-state index contributed by atoms with van der Waals surface area (Å²) in [6.07, 6.45) is -0.339. The molecule has 0 fully saturated rings. The van der Waals surface area contributed by atoms with Gasteiger partial charge in [-0.3, -0.25) is 10.1 Å². The molecule has 0 aliphatic heterocycles. The van der Waals surface area contributed by atoms with Gasteiger partial charge < -0.3 is 15.2 Å². The lowest BCUT2D eigenvalue weighted by Gasteiger charge is -2.16. The van der Waals surface area contributed by atoms with E-state index >= 15 is 0 Å². The van der Waals surface area contributed by atoms with Crippen LogP contribution in [0.1, 0.15) is 12.5 Å². The highest BCUT2D eigenvalue weighted by molar-refractivity contribution is 5.62. The molecule has 7 heteroatoms. The number of aliphatic hydroxyl groups is 1. The second kappa shape index (κ2) is 7.55. The molecular weight excluding hydrogens is 303 g/mol. The predicted molar refractivity (Wildman–Crippen MR) is 84.0 cm³/mol. The monoisotopic (exact) mass is 320 g/mol. The molecule has 2 aromatic rings. The minimum Gasteiger partial charge on any atom is -0.489 e. The van der Waals surface area contributed by atoms with Crippen molar-refractivity contribution in [3.63, 3.8) is 0 Å². The Labute approximate surface area is 132 Å². The number of hydrogen-bond acceptors (Lipinski definition) is 5. The minimum absolute atomic E-state index is 0.0832. The maximum Gasteiger partial charge on any atom is 0.292 e. The summed E-state index contributed by atoms with van der Waals surface area (Å²) in [6, 6.07) is 10.1. The van der Waals surface area contributed by atoms with E-state index in [1.807, 2.05) is 0 Å². The van der Waals surface area contributed by atoms with Crippen molar-refractivity contribution in [1.82, 2.24) is 0 Å². The summed E-state index contributed by atoms with van der Waals surface area (Å²) in [7, 11) is 0. The first-order chi connectivity index (χ1) is 11.0. The van der Waals surface area contributed by atoms with Crippen LogP contribution >= 0.6 is 0 Å². The number of nitro groups is 1. The summed E-state index contributed by atoms with van der Waals surface area (Å²) in [4.78, 5) is 10.5. The van der Waals surface area contributed by atoms with E-state index in [0.29, 0.717) is 17.0 Å². The topological polar surface area (TPSA) is 84.6 Å². The molecule has 2 aromatic carbocycles. The van der Waals surface area contributed by atoms with Crippen LogP contribution in [0.15, 0.2) is 42.5 Å². The van der Waals surface area contributed by atoms with Gasteiger partial charge in [0, 0.05) is 12.1 Å². The predicted octanol–water partition coefficient (Wildman–Crippen LogP) is 3.11. The number of halogens is 1. The van der Waals surface area contributed by atoms with Crippen LogP contribution in [0.25, 0.3) is 0 Å². The van der Waals surface area contributed by atoms with Crippen molar-refractivity contribution in [3.8, 4) is 5.75 Å². The van der Waals surface area contributed by atoms with E-state index in [4.69, 9.17) is 9.84 Å². The van der Waals surface area contributed by atoms with Crippen LogP contribution in [0.3, 0.4) is 0 Å². The molecular formula is C16H17FN2O4. The number of rotatable bonds is 7. The van der Waals surface area contributed by atoms with Gasteiger partial charge in [0.05, 0.1) is 18.1 Å². The number of nitrogens with one attached hydrogen (secondary N) is 1. The molecule has 0 aliphatic carbocycles. The van der Waals surface area contributed by atoms with Gasteiger partial charge in [0.15, 0.2) is 0 Å². The summed E-state index contributed by atoms with van der Waals surface area (Å²) < 4.78 is 18.7. The zero-order valence-electron chi connectivity index (χ0n) is 12.5. The molecule has 0 bridgehead atoms. The van der Waals surface area contributed by atoms with Crippen molar-refractivity contribution in [2.75, 3.05) is 11.9 Å². The lowest BCUT2D eigenvalue weighted by Crippen LogP contribution is -2.23. The van der Waals surface area contributed by atoms with Crippen LogP contribution in [0.5, 0.6) is 5.75 Å². The Hall–Kier alpha value is -2.67. The summed E-state index contributed by atoms with van der Waals surface area (Å²) in [6.45, 7) is 1.84. The van der Waals surface area contributed by atoms with Gasteiger partial charge in [-0.15, -0.1) is 0 Å². The van der Waals surface area contributed by atoms with Crippen LogP contribution in [0.4, 0.5) is 15.8 Å². The fourth-order valence-electron chi connectivity index (χ4n) is 2.05. The van der Waals surface area contributed by atoms with Crippen LogP contribution in [-0.4, -0.2) is 22.7 Å². The molecule has 0 aliphatic rings. The first-order valence-corrected chi connectivity index (χ1v) is 7.04. The van der Waals surface area contributed by atoms with Crippen molar-refractivity contribution < 1.29 is 19.2 Å². The third-order valence-electron chi connectivity index (χ3n) is 3.15. The molecule has 122 valence electrons. The fourth-order valence-corrected chi connectivity index (χ4v) is 2.05. The molecule has 0 spiro atoms. The number of nitrogens with zero attached hydrogens (tertiary/aromatic N) is 1. The molecule has 0 saturated carbocycles. The number of nitro benzene ring substituents is 1. The quantitative estimate of drug-likeness (QED) is 0.605. The number of hydrogen-bond donors (Lipinski definition) is 2. The van der Waals surface area contributed by atoms with Gasteiger partial charge in [-0.2, -0.15) is 0 Å². The number of anilines is 1. The normalized spacial score (nSPS) is 11.8. The standard InChI is InChI=1S/C16H17FN2O4/c1-11(23-14-4-2-3-13(17)8-14)9-18-15-7-12(10-20)5-6-16(15)19(21)22/h2-8,11,18,20H,9-10H2,1H3. The van der Waals surface area contributed by atoms with E-state index < -0.39 is 10.7 Å². The second-order valence-electron chi connectivity index (χ2n) is 5.03. The van der Waals surface area contributed by atoms with E-state index in [2.05, 4.69) is 5.32 Å². The Morgan fingerprint density at radius 2 is 2.13 bits per heavy atom. The van der Waals surface area contributed by atoms with E-state index in [0.717, 1.165) is 0 Å². The third kappa shape index (κ3) is 4.65. The van der Waals surface area contributed by atoms with E-state index in [1.165, 1.54) is 30.3 Å². The maximum atomic E-state index is 13.1. The molecule has 0 saturated heterocycles. The minimum atomic E-state index is -0.498. The average molecular weight is 320 g/mol. The smallest absolute Gasteiger partial charge is 0.292 e. The molecule has 0 aromatic heterocycles. The average Bonchev–Trinajstić information content (AvgIpc) is 2.52. The molecule has 0 amide bonds. The fraction of sp³-hybridized carbons (Fsp3) is 0.250. The highest BCUT2D eigenvalue weighted by Gasteiger charge is 2.15. The van der Waals surface area contributed by atoms with Gasteiger partial charge in [-0.1, -0.05) is 6.07 Å². The van der Waals surface area contributed by atoms with Crippen LogP contribution in [0.2, 0.25) is 0 Å². The molecule has 6 nitrogen and oxygen atoms in total. The molecule has 1 unspecified atom stereocenters. The van der Waals surface area contributed by atoms with Crippen LogP contribution < -0.4 is 10.1 Å². The highest BCUT2D eigenvalue weighted by atomic mass is 19.1. The molecule has 1 atom stereocenters. The van der Waals surface area contributed by atoms with Gasteiger partial charge in [-0.05, 0) is 36.8 Å². The van der Waals surface area contributed by atoms with Gasteiger partial charge in [0.2, 0.25) is 0 Å². The van der Waals surface area contributed by atoms with Gasteiger partial charge in [-0.25, -0.2) is 4.39 Å². The molecule has 0 heterocycles. The molecule has 2 N–H and O–H groups in total. The SMILES string of the molecule is CC(CNc1cc(CO)ccc1[N+](=O)[O-])Oc1cccc(F)c1. The largest absolute Gasteiger partial charge is 0.489 e. The Kier molecular flexibility index (Phi) is 5.48. The summed E-state index contributed by atoms with van der Waals surface area (Å²) in [5.74, 6) is -0.00754. The number of benzene rings is 2. The van der Waals surface area contributed by atoms with Crippen LogP contribution in [-0.2, 0) is 6.61 Å². The first-order valence-electron chi connectivity index (χ1n) is 7.04. The van der Waals surface area contributed by atoms with Crippen molar-refractivity contribution in [3.05, 3.63) is 64.0 Å². The first kappa shape index (κ1) is 16.7. The molecule has 0 radical (unpaired) electrons. The Morgan fingerprint density at radius 3 is 2.78 bits per heavy atom. The number of ether oxygens (including phenoxy) is 1. The zero-order valence-corrected chi connectivity index (χ0v) is 12.5.